The number of pyridine rings is 1. The normalized spacial score (nSPS) is 22.0. The number of urea groups is 1. The van der Waals surface area contributed by atoms with E-state index in [0.717, 1.165) is 11.1 Å². The fourth-order valence-electron chi connectivity index (χ4n) is 4.76. The van der Waals surface area contributed by atoms with Crippen LogP contribution in [0.3, 0.4) is 0 Å². The molecule has 2 aliphatic rings. The van der Waals surface area contributed by atoms with Gasteiger partial charge in [0.15, 0.2) is 0 Å². The molecule has 0 aliphatic carbocycles. The number of hydrogen-bond acceptors (Lipinski definition) is 6. The number of hydrogen-bond donors (Lipinski definition) is 4. The average molecular weight is 489 g/mol. The number of fused-ring (bicyclic) bond motifs is 3. The second-order valence-electron chi connectivity index (χ2n) is 8.94. The highest BCUT2D eigenvalue weighted by molar-refractivity contribution is 5.99. The maximum Gasteiger partial charge on any atom is 0.323 e. The third-order valence-corrected chi connectivity index (χ3v) is 6.41. The fourth-order valence-corrected chi connectivity index (χ4v) is 4.76. The van der Waals surface area contributed by atoms with E-state index < -0.39 is 6.10 Å². The van der Waals surface area contributed by atoms with Crippen LogP contribution in [0, 0.1) is 0 Å². The molecule has 4 atom stereocenters. The first-order chi connectivity index (χ1) is 17.6. The lowest BCUT2D eigenvalue weighted by atomic mass is 9.84. The Bertz CT molecular complexity index is 1210. The van der Waals surface area contributed by atoms with Gasteiger partial charge in [0.05, 0.1) is 19.1 Å². The van der Waals surface area contributed by atoms with Crippen molar-refractivity contribution in [3.05, 3.63) is 84.2 Å². The molecule has 3 amide bonds. The van der Waals surface area contributed by atoms with Crippen molar-refractivity contribution in [2.45, 2.75) is 43.6 Å². The number of ether oxygens (including phenoxy) is 2. The Morgan fingerprint density at radius 2 is 1.86 bits per heavy atom. The Kier molecular flexibility index (Phi) is 7.11. The Balaban J connectivity index is 1.24. The summed E-state index contributed by atoms with van der Waals surface area (Å²) in [4.78, 5) is 29.1. The van der Waals surface area contributed by atoms with Gasteiger partial charge in [-0.15, -0.1) is 0 Å². The number of nitrogens with one attached hydrogen (secondary N) is 3. The number of rotatable bonds is 7. The van der Waals surface area contributed by atoms with Crippen LogP contribution in [0.4, 0.5) is 16.2 Å². The molecule has 0 radical (unpaired) electrons. The third-order valence-electron chi connectivity index (χ3n) is 6.41. The maximum absolute atomic E-state index is 12.6. The Morgan fingerprint density at radius 1 is 1.03 bits per heavy atom. The molecule has 0 bridgehead atoms. The molecule has 1 aromatic heterocycles. The van der Waals surface area contributed by atoms with E-state index in [1.165, 1.54) is 0 Å². The van der Waals surface area contributed by atoms with Gasteiger partial charge in [-0.05, 0) is 48.4 Å². The van der Waals surface area contributed by atoms with Gasteiger partial charge in [-0.2, -0.15) is 0 Å². The standard InChI is InChI=1S/C27H28N4O5/c32-16-24-26-22(12-20(35-24)13-25(33)29-15-17-5-4-10-28-14-17)21-11-19(8-9-23(21)36-26)31-27(34)30-18-6-2-1-3-7-18/h1-11,14,20,22,24,26,32H,12-13,15-16H2,(H,29,33)(H2,30,31,34)/t20-,22-,24-,26+/m1/s1. The third kappa shape index (κ3) is 5.48. The highest BCUT2D eigenvalue weighted by Crippen LogP contribution is 2.47. The molecule has 5 rings (SSSR count). The van der Waals surface area contributed by atoms with Crippen molar-refractivity contribution in [1.29, 1.82) is 0 Å². The summed E-state index contributed by atoms with van der Waals surface area (Å²) in [5.41, 5.74) is 3.17. The molecular weight excluding hydrogens is 460 g/mol. The van der Waals surface area contributed by atoms with Crippen LogP contribution in [0.5, 0.6) is 5.75 Å². The lowest BCUT2D eigenvalue weighted by molar-refractivity contribution is -0.142. The molecule has 0 saturated carbocycles. The number of carbonyl (C=O) groups is 2. The van der Waals surface area contributed by atoms with E-state index in [4.69, 9.17) is 9.47 Å². The van der Waals surface area contributed by atoms with Crippen molar-refractivity contribution in [3.63, 3.8) is 0 Å². The zero-order valence-corrected chi connectivity index (χ0v) is 19.6. The minimum absolute atomic E-state index is 0.0686. The number of aliphatic hydroxyl groups is 1. The van der Waals surface area contributed by atoms with Crippen LogP contribution < -0.4 is 20.7 Å². The molecule has 2 aromatic carbocycles. The van der Waals surface area contributed by atoms with E-state index >= 15 is 0 Å². The Hall–Kier alpha value is -3.95. The smallest absolute Gasteiger partial charge is 0.323 e. The van der Waals surface area contributed by atoms with E-state index in [9.17, 15) is 14.7 Å². The number of para-hydroxylation sites is 1. The minimum Gasteiger partial charge on any atom is -0.487 e. The SMILES string of the molecule is O=C(C[C@H]1C[C@@H]2c3cc(NC(=O)Nc4ccccc4)ccc3O[C@@H]2[C@@H](CO)O1)NCc1cccnc1. The monoisotopic (exact) mass is 488 g/mol. The fraction of sp³-hybridized carbons (Fsp3) is 0.296. The molecule has 4 N–H and O–H groups in total. The first kappa shape index (κ1) is 23.8. The second kappa shape index (κ2) is 10.8. The van der Waals surface area contributed by atoms with Crippen LogP contribution in [0.1, 0.15) is 29.9 Å². The van der Waals surface area contributed by atoms with Crippen molar-refractivity contribution < 1.29 is 24.2 Å². The minimum atomic E-state index is -0.551. The molecular formula is C27H28N4O5. The van der Waals surface area contributed by atoms with Crippen LogP contribution >= 0.6 is 0 Å². The molecule has 3 heterocycles. The van der Waals surface area contributed by atoms with Crippen LogP contribution in [-0.4, -0.2) is 46.9 Å². The number of aromatic nitrogens is 1. The zero-order valence-electron chi connectivity index (χ0n) is 19.6. The van der Waals surface area contributed by atoms with Crippen LogP contribution in [0.2, 0.25) is 0 Å². The molecule has 9 nitrogen and oxygen atoms in total. The quantitative estimate of drug-likeness (QED) is 0.404. The predicted molar refractivity (Wildman–Crippen MR) is 134 cm³/mol. The Labute approximate surface area is 208 Å². The highest BCUT2D eigenvalue weighted by atomic mass is 16.6. The van der Waals surface area contributed by atoms with Gasteiger partial charge < -0.3 is 30.5 Å². The van der Waals surface area contributed by atoms with Crippen molar-refractivity contribution in [2.75, 3.05) is 17.2 Å². The van der Waals surface area contributed by atoms with Gasteiger partial charge in [0.1, 0.15) is 18.0 Å². The summed E-state index contributed by atoms with van der Waals surface area (Å²) in [5, 5.41) is 18.5. The van der Waals surface area contributed by atoms with Gasteiger partial charge in [0, 0.05) is 41.8 Å². The van der Waals surface area contributed by atoms with Crippen molar-refractivity contribution >= 4 is 23.3 Å². The summed E-state index contributed by atoms with van der Waals surface area (Å²) in [6.07, 6.45) is 2.86. The summed E-state index contributed by atoms with van der Waals surface area (Å²) in [6, 6.07) is 18.1. The molecule has 1 saturated heterocycles. The van der Waals surface area contributed by atoms with Crippen LogP contribution in [0.15, 0.2) is 73.1 Å². The molecule has 186 valence electrons. The van der Waals surface area contributed by atoms with Crippen molar-refractivity contribution in [2.24, 2.45) is 0 Å². The lowest BCUT2D eigenvalue weighted by Gasteiger charge is -2.37. The summed E-state index contributed by atoms with van der Waals surface area (Å²) in [6.45, 7) is 0.175. The van der Waals surface area contributed by atoms with Gasteiger partial charge in [-0.3, -0.25) is 9.78 Å². The first-order valence-corrected chi connectivity index (χ1v) is 11.9. The number of benzene rings is 2. The molecule has 0 spiro atoms. The van der Waals surface area contributed by atoms with E-state index in [0.29, 0.717) is 30.1 Å². The van der Waals surface area contributed by atoms with E-state index in [-0.39, 0.29) is 43.1 Å². The van der Waals surface area contributed by atoms with Gasteiger partial charge in [0.2, 0.25) is 5.91 Å². The zero-order chi connectivity index (χ0) is 24.9. The molecule has 2 aliphatic heterocycles. The molecule has 36 heavy (non-hydrogen) atoms. The molecule has 1 fully saturated rings. The number of aliphatic hydroxyl groups excluding tert-OH is 1. The summed E-state index contributed by atoms with van der Waals surface area (Å²) >= 11 is 0. The number of nitrogens with zero attached hydrogens (tertiary/aromatic N) is 1. The maximum atomic E-state index is 12.6. The molecule has 9 heteroatoms. The Morgan fingerprint density at radius 3 is 2.64 bits per heavy atom. The summed E-state index contributed by atoms with van der Waals surface area (Å²) < 4.78 is 12.1. The molecule has 3 aromatic rings. The van der Waals surface area contributed by atoms with Gasteiger partial charge in [-0.1, -0.05) is 24.3 Å². The number of anilines is 2. The van der Waals surface area contributed by atoms with E-state index in [2.05, 4.69) is 20.9 Å². The van der Waals surface area contributed by atoms with E-state index in [1.54, 1.807) is 18.5 Å². The lowest BCUT2D eigenvalue weighted by Crippen LogP contribution is -2.47. The number of carbonyl (C=O) groups excluding carboxylic acids is 2. The topological polar surface area (TPSA) is 122 Å². The highest BCUT2D eigenvalue weighted by Gasteiger charge is 2.46. The van der Waals surface area contributed by atoms with Crippen molar-refractivity contribution in [1.82, 2.24) is 10.3 Å². The predicted octanol–water partition coefficient (Wildman–Crippen LogP) is 3.43. The van der Waals surface area contributed by atoms with Gasteiger partial charge in [0.25, 0.3) is 0 Å². The number of amides is 3. The van der Waals surface area contributed by atoms with Gasteiger partial charge in [-0.25, -0.2) is 4.79 Å². The largest absolute Gasteiger partial charge is 0.487 e. The van der Waals surface area contributed by atoms with Crippen molar-refractivity contribution in [3.8, 4) is 5.75 Å². The summed E-state index contributed by atoms with van der Waals surface area (Å²) in [5.74, 6) is 0.495. The van der Waals surface area contributed by atoms with Crippen LogP contribution in [0.25, 0.3) is 0 Å². The molecule has 0 unspecified atom stereocenters. The second-order valence-corrected chi connectivity index (χ2v) is 8.94. The van der Waals surface area contributed by atoms with E-state index in [1.807, 2.05) is 54.6 Å². The van der Waals surface area contributed by atoms with Gasteiger partial charge >= 0.3 is 6.03 Å². The average Bonchev–Trinajstić information content (AvgIpc) is 3.26. The first-order valence-electron chi connectivity index (χ1n) is 11.9. The summed E-state index contributed by atoms with van der Waals surface area (Å²) in [7, 11) is 0. The van der Waals surface area contributed by atoms with Crippen LogP contribution in [-0.2, 0) is 16.1 Å².